The fourth-order valence-corrected chi connectivity index (χ4v) is 12.9. The summed E-state index contributed by atoms with van der Waals surface area (Å²) in [5, 5.41) is 10.7. The summed E-state index contributed by atoms with van der Waals surface area (Å²) in [4.78, 5) is 73.2. The Hall–Kier alpha value is -4.80. The Morgan fingerprint density at radius 1 is 0.269 bits per heavy atom. The number of esters is 4. The van der Waals surface area contributed by atoms with Crippen molar-refractivity contribution in [2.24, 2.45) is 0 Å². The van der Waals surface area contributed by atoms with E-state index in [0.29, 0.717) is 32.1 Å². The quantitative estimate of drug-likeness (QED) is 0.0169. The van der Waals surface area contributed by atoms with Crippen molar-refractivity contribution in [3.63, 3.8) is 0 Å². The number of ether oxygens (including phenoxy) is 4. The van der Waals surface area contributed by atoms with Crippen molar-refractivity contribution in [1.29, 1.82) is 0 Å². The van der Waals surface area contributed by atoms with E-state index in [1.54, 1.807) is 0 Å². The SMILES string of the molecule is CC/C=C\C/C=C\C/C=C\C/C=C\C/C=C\C/C=C\CCC(=O)OC[C@H](COP(=O)(O)OC[C@@H](O)COP(=O)(O)OC[C@@H](COC(=O)CCCCCCCCCCCCCCCCC)OC(=O)CCCCC/C=C\C/C=C\C/C=C\C/C=C\C/C=C\CC)OC(=O)CCCCCCCCCCCCCCCCC. The Morgan fingerprint density at radius 3 is 0.796 bits per heavy atom. The van der Waals surface area contributed by atoms with Gasteiger partial charge in [0.1, 0.15) is 19.3 Å². The molecule has 0 saturated heterocycles. The van der Waals surface area contributed by atoms with Gasteiger partial charge in [-0.2, -0.15) is 0 Å². The number of aliphatic hydroxyl groups excluding tert-OH is 1. The number of rotatable bonds is 79. The van der Waals surface area contributed by atoms with Crippen molar-refractivity contribution >= 4 is 39.5 Å². The highest BCUT2D eigenvalue weighted by Crippen LogP contribution is 2.45. The predicted octanol–water partition coefficient (Wildman–Crippen LogP) is 25.2. The number of carbonyl (C=O) groups excluding carboxylic acids is 4. The van der Waals surface area contributed by atoms with Gasteiger partial charge in [0.2, 0.25) is 0 Å². The average Bonchev–Trinajstić information content (AvgIpc) is 0.914. The van der Waals surface area contributed by atoms with Crippen LogP contribution in [0.4, 0.5) is 0 Å². The first-order valence-electron chi connectivity index (χ1n) is 42.4. The van der Waals surface area contributed by atoms with Crippen molar-refractivity contribution in [1.82, 2.24) is 0 Å². The fraction of sp³-hybridized carbons (Fsp3) is 0.708. The third-order valence-corrected chi connectivity index (χ3v) is 19.6. The molecule has 0 amide bonds. The molecule has 0 heterocycles. The summed E-state index contributed by atoms with van der Waals surface area (Å²) in [6.45, 7) is 4.58. The number of allylic oxidation sites excluding steroid dienone is 22. The molecule has 0 aromatic carbocycles. The summed E-state index contributed by atoms with van der Waals surface area (Å²) in [5.74, 6) is -2.29. The Labute approximate surface area is 656 Å². The summed E-state index contributed by atoms with van der Waals surface area (Å²) in [7, 11) is -9.99. The summed E-state index contributed by atoms with van der Waals surface area (Å²) < 4.78 is 68.7. The molecule has 5 atom stereocenters. The van der Waals surface area contributed by atoms with Crippen LogP contribution >= 0.6 is 15.6 Å². The molecule has 0 aromatic rings. The van der Waals surface area contributed by atoms with Crippen LogP contribution in [0.15, 0.2) is 134 Å². The van der Waals surface area contributed by atoms with E-state index in [4.69, 9.17) is 37.0 Å². The molecular weight excluding hydrogens is 1400 g/mol. The number of hydrogen-bond donors (Lipinski definition) is 3. The van der Waals surface area contributed by atoms with Crippen LogP contribution in [0.3, 0.4) is 0 Å². The van der Waals surface area contributed by atoms with Gasteiger partial charge >= 0.3 is 39.5 Å². The lowest BCUT2D eigenvalue weighted by Crippen LogP contribution is -2.30. The highest BCUT2D eigenvalue weighted by Gasteiger charge is 2.30. The van der Waals surface area contributed by atoms with Gasteiger partial charge in [-0.15, -0.1) is 0 Å². The summed E-state index contributed by atoms with van der Waals surface area (Å²) in [6.07, 6.45) is 91.4. The minimum absolute atomic E-state index is 0.0353. The molecule has 108 heavy (non-hydrogen) atoms. The minimum Gasteiger partial charge on any atom is -0.462 e. The molecule has 19 heteroatoms. The number of phosphoric acid groups is 2. The largest absolute Gasteiger partial charge is 0.472 e. The number of phosphoric ester groups is 2. The Bertz CT molecular complexity index is 2560. The first kappa shape index (κ1) is 103. The van der Waals surface area contributed by atoms with E-state index in [2.05, 4.69) is 143 Å². The van der Waals surface area contributed by atoms with Gasteiger partial charge in [-0.3, -0.25) is 37.3 Å². The van der Waals surface area contributed by atoms with Gasteiger partial charge in [-0.25, -0.2) is 9.13 Å². The van der Waals surface area contributed by atoms with E-state index in [0.717, 1.165) is 128 Å². The van der Waals surface area contributed by atoms with E-state index in [1.807, 2.05) is 18.2 Å². The van der Waals surface area contributed by atoms with E-state index >= 15 is 0 Å². The monoisotopic (exact) mass is 1560 g/mol. The third kappa shape index (κ3) is 79.3. The van der Waals surface area contributed by atoms with Gasteiger partial charge in [-0.05, 0) is 109 Å². The van der Waals surface area contributed by atoms with Gasteiger partial charge in [-0.1, -0.05) is 348 Å². The molecular formula is C89H152O17P2. The molecule has 0 aromatic heterocycles. The van der Waals surface area contributed by atoms with Crippen molar-refractivity contribution in [3.8, 4) is 0 Å². The van der Waals surface area contributed by atoms with Crippen LogP contribution in [0.1, 0.15) is 349 Å². The first-order chi connectivity index (χ1) is 52.7. The highest BCUT2D eigenvalue weighted by atomic mass is 31.2. The molecule has 0 aliphatic heterocycles. The molecule has 0 spiro atoms. The lowest BCUT2D eigenvalue weighted by atomic mass is 10.0. The Kier molecular flexibility index (Phi) is 76.7. The second kappa shape index (κ2) is 80.3. The molecule has 0 bridgehead atoms. The summed E-state index contributed by atoms with van der Waals surface area (Å²) in [6, 6.07) is 0. The molecule has 0 rings (SSSR count). The lowest BCUT2D eigenvalue weighted by molar-refractivity contribution is -0.161. The maximum atomic E-state index is 13.1. The smallest absolute Gasteiger partial charge is 0.462 e. The average molecular weight is 1560 g/mol. The standard InChI is InChI=1S/C89H152O17P2/c1-5-9-13-17-21-25-29-33-37-39-41-43-47-50-54-58-62-66-70-74-87(92)100-80-84(105-88(93)75-71-67-63-59-55-51-46-36-32-28-24-20-16-12-8-4)81-103-107(95,96)101-77-83(90)78-102-108(97,98)104-82-85(79-99-86(91)73-69-65-61-57-53-49-45-35-31-27-23-19-15-11-7-3)106-89(94)76-72-68-64-60-56-52-48-44-42-40-38-34-30-26-22-18-14-10-6-2/h9-10,13-14,21-22,25-26,33-34,37-38,41-44,50,52,54,56,62,66,83-85,90H,5-8,11-12,15-20,23-24,27-32,35-36,39-40,45-49,51,53,55,57-61,63-65,67-82H2,1-4H3,(H,95,96)(H,97,98)/b13-9-,14-10-,25-21-,26-22-,37-33-,38-34-,43-41-,44-42-,54-50-,56-52-,66-62-/t83-,84-,85-/m1/s1. The van der Waals surface area contributed by atoms with Crippen LogP contribution in [0.5, 0.6) is 0 Å². The van der Waals surface area contributed by atoms with Crippen LogP contribution in [0.25, 0.3) is 0 Å². The topological polar surface area (TPSA) is 237 Å². The first-order valence-corrected chi connectivity index (χ1v) is 45.4. The van der Waals surface area contributed by atoms with Gasteiger partial charge < -0.3 is 33.8 Å². The van der Waals surface area contributed by atoms with Crippen molar-refractivity contribution in [2.45, 2.75) is 367 Å². The normalized spacial score (nSPS) is 14.5. The second-order valence-electron chi connectivity index (χ2n) is 28.0. The van der Waals surface area contributed by atoms with E-state index in [9.17, 15) is 43.2 Å². The van der Waals surface area contributed by atoms with Crippen LogP contribution in [0, 0.1) is 0 Å². The van der Waals surface area contributed by atoms with E-state index < -0.39 is 97.5 Å². The van der Waals surface area contributed by atoms with Crippen LogP contribution < -0.4 is 0 Å². The predicted molar refractivity (Wildman–Crippen MR) is 445 cm³/mol. The number of hydrogen-bond acceptors (Lipinski definition) is 15. The van der Waals surface area contributed by atoms with Crippen LogP contribution in [-0.4, -0.2) is 96.7 Å². The summed E-state index contributed by atoms with van der Waals surface area (Å²) >= 11 is 0. The molecule has 0 aliphatic carbocycles. The minimum atomic E-state index is -5.00. The Balaban J connectivity index is 5.45. The van der Waals surface area contributed by atoms with Crippen molar-refractivity contribution in [3.05, 3.63) is 134 Å². The number of carbonyl (C=O) groups is 4. The molecule has 0 radical (unpaired) electrons. The molecule has 0 aliphatic rings. The fourth-order valence-electron chi connectivity index (χ4n) is 11.3. The van der Waals surface area contributed by atoms with Gasteiger partial charge in [0.25, 0.3) is 0 Å². The molecule has 3 N–H and O–H groups in total. The third-order valence-electron chi connectivity index (χ3n) is 17.7. The van der Waals surface area contributed by atoms with Crippen LogP contribution in [0.2, 0.25) is 0 Å². The Morgan fingerprint density at radius 2 is 0.500 bits per heavy atom. The molecule has 0 fully saturated rings. The second-order valence-corrected chi connectivity index (χ2v) is 30.9. The molecule has 17 nitrogen and oxygen atoms in total. The zero-order valence-electron chi connectivity index (χ0n) is 68.0. The van der Waals surface area contributed by atoms with E-state index in [-0.39, 0.29) is 25.7 Å². The van der Waals surface area contributed by atoms with Gasteiger partial charge in [0, 0.05) is 25.7 Å². The van der Waals surface area contributed by atoms with Gasteiger partial charge in [0.05, 0.1) is 26.4 Å². The van der Waals surface area contributed by atoms with Crippen LogP contribution in [-0.2, 0) is 65.4 Å². The lowest BCUT2D eigenvalue weighted by Gasteiger charge is -2.21. The summed E-state index contributed by atoms with van der Waals surface area (Å²) in [5.41, 5.74) is 0. The van der Waals surface area contributed by atoms with Crippen molar-refractivity contribution < 1.29 is 80.2 Å². The zero-order chi connectivity index (χ0) is 78.9. The van der Waals surface area contributed by atoms with Crippen molar-refractivity contribution in [2.75, 3.05) is 39.6 Å². The maximum absolute atomic E-state index is 13.1. The molecule has 0 saturated carbocycles. The zero-order valence-corrected chi connectivity index (χ0v) is 69.8. The van der Waals surface area contributed by atoms with E-state index in [1.165, 1.54) is 135 Å². The maximum Gasteiger partial charge on any atom is 0.472 e. The number of aliphatic hydroxyl groups is 1. The number of unbranched alkanes of at least 4 members (excludes halogenated alkanes) is 31. The molecule has 2 unspecified atom stereocenters. The molecule has 620 valence electrons. The van der Waals surface area contributed by atoms with Gasteiger partial charge in [0.15, 0.2) is 12.2 Å². The highest BCUT2D eigenvalue weighted by molar-refractivity contribution is 7.47.